The number of carbonyl (C=O) groups is 2. The van der Waals surface area contributed by atoms with E-state index in [0.29, 0.717) is 12.8 Å². The molecule has 0 heterocycles. The smallest absolute Gasteiger partial charge is 0.326 e. The highest BCUT2D eigenvalue weighted by molar-refractivity contribution is 7.89. The highest BCUT2D eigenvalue weighted by atomic mass is 32.2. The largest absolute Gasteiger partial charge is 0.480 e. The third kappa shape index (κ3) is 5.82. The van der Waals surface area contributed by atoms with Crippen LogP contribution in [0.25, 0.3) is 0 Å². The molecule has 1 aromatic carbocycles. The second-order valence-electron chi connectivity index (χ2n) is 4.71. The standard InChI is InChI=1S/C14H20N2O5S/c1-2-6-12(14(18)19)16-13(17)9-10-15-22(20,21)11-7-4-3-5-8-11/h3-5,7-8,12,15H,2,6,9-10H2,1H3,(H,16,17)(H,18,19). The molecule has 1 unspecified atom stereocenters. The average molecular weight is 328 g/mol. The Bertz CT molecular complexity index is 601. The van der Waals surface area contributed by atoms with Gasteiger partial charge in [0.1, 0.15) is 6.04 Å². The lowest BCUT2D eigenvalue weighted by atomic mass is 10.1. The Hall–Kier alpha value is -1.93. The van der Waals surface area contributed by atoms with Crippen LogP contribution >= 0.6 is 0 Å². The minimum Gasteiger partial charge on any atom is -0.480 e. The molecule has 0 saturated heterocycles. The van der Waals surface area contributed by atoms with Crippen molar-refractivity contribution < 1.29 is 23.1 Å². The number of carbonyl (C=O) groups excluding carboxylic acids is 1. The van der Waals surface area contributed by atoms with Crippen LogP contribution in [-0.2, 0) is 19.6 Å². The predicted molar refractivity (Wildman–Crippen MR) is 80.7 cm³/mol. The van der Waals surface area contributed by atoms with Gasteiger partial charge in [-0.25, -0.2) is 17.9 Å². The average Bonchev–Trinajstić information content (AvgIpc) is 2.47. The molecule has 0 aliphatic heterocycles. The summed E-state index contributed by atoms with van der Waals surface area (Å²) < 4.78 is 26.1. The van der Waals surface area contributed by atoms with Gasteiger partial charge in [0.05, 0.1) is 4.90 Å². The molecule has 22 heavy (non-hydrogen) atoms. The first-order valence-corrected chi connectivity index (χ1v) is 8.42. The van der Waals surface area contributed by atoms with Crippen LogP contribution < -0.4 is 10.0 Å². The van der Waals surface area contributed by atoms with Crippen LogP contribution in [0.3, 0.4) is 0 Å². The first-order valence-electron chi connectivity index (χ1n) is 6.93. The monoisotopic (exact) mass is 328 g/mol. The third-order valence-corrected chi connectivity index (χ3v) is 4.39. The van der Waals surface area contributed by atoms with Crippen molar-refractivity contribution >= 4 is 21.9 Å². The molecule has 1 amide bonds. The fourth-order valence-electron chi connectivity index (χ4n) is 1.79. The Morgan fingerprint density at radius 3 is 2.41 bits per heavy atom. The van der Waals surface area contributed by atoms with Crippen molar-refractivity contribution in [3.8, 4) is 0 Å². The van der Waals surface area contributed by atoms with Crippen molar-refractivity contribution in [2.24, 2.45) is 0 Å². The van der Waals surface area contributed by atoms with Gasteiger partial charge >= 0.3 is 5.97 Å². The van der Waals surface area contributed by atoms with E-state index in [2.05, 4.69) is 10.0 Å². The molecule has 1 atom stereocenters. The lowest BCUT2D eigenvalue weighted by Crippen LogP contribution is -2.41. The number of amides is 1. The van der Waals surface area contributed by atoms with Gasteiger partial charge in [-0.15, -0.1) is 0 Å². The number of carboxylic acids is 1. The lowest BCUT2D eigenvalue weighted by molar-refractivity contribution is -0.142. The zero-order valence-electron chi connectivity index (χ0n) is 12.3. The molecular formula is C14H20N2O5S. The minimum atomic E-state index is -3.66. The number of aliphatic carboxylic acids is 1. The molecule has 0 aliphatic rings. The number of benzene rings is 1. The van der Waals surface area contributed by atoms with Crippen LogP contribution in [0.2, 0.25) is 0 Å². The summed E-state index contributed by atoms with van der Waals surface area (Å²) in [6.45, 7) is 1.72. The Labute approximate surface area is 129 Å². The molecule has 0 fully saturated rings. The molecule has 0 saturated carbocycles. The lowest BCUT2D eigenvalue weighted by Gasteiger charge is -2.13. The van der Waals surface area contributed by atoms with E-state index in [-0.39, 0.29) is 17.9 Å². The summed E-state index contributed by atoms with van der Waals surface area (Å²) in [5.41, 5.74) is 0. The molecule has 0 spiro atoms. The van der Waals surface area contributed by atoms with Crippen molar-refractivity contribution in [1.82, 2.24) is 10.0 Å². The quantitative estimate of drug-likeness (QED) is 0.618. The fourth-order valence-corrected chi connectivity index (χ4v) is 2.85. The zero-order chi connectivity index (χ0) is 16.6. The summed E-state index contributed by atoms with van der Waals surface area (Å²) in [5, 5.41) is 11.3. The van der Waals surface area contributed by atoms with Gasteiger partial charge in [-0.2, -0.15) is 0 Å². The van der Waals surface area contributed by atoms with Crippen molar-refractivity contribution in [2.75, 3.05) is 6.54 Å². The molecule has 122 valence electrons. The molecule has 7 nitrogen and oxygen atoms in total. The minimum absolute atomic E-state index is 0.0957. The van der Waals surface area contributed by atoms with Crippen LogP contribution in [0.4, 0.5) is 0 Å². The number of nitrogens with one attached hydrogen (secondary N) is 2. The Morgan fingerprint density at radius 2 is 1.86 bits per heavy atom. The SMILES string of the molecule is CCCC(NC(=O)CCNS(=O)(=O)c1ccccc1)C(=O)O. The van der Waals surface area contributed by atoms with E-state index in [4.69, 9.17) is 5.11 Å². The van der Waals surface area contributed by atoms with Crippen LogP contribution in [-0.4, -0.2) is 38.0 Å². The summed E-state index contributed by atoms with van der Waals surface area (Å²) in [6, 6.07) is 6.86. The second kappa shape index (κ2) is 8.50. The van der Waals surface area contributed by atoms with Gasteiger partial charge in [0.25, 0.3) is 0 Å². The number of sulfonamides is 1. The summed E-state index contributed by atoms with van der Waals surface area (Å²) in [5.74, 6) is -1.60. The molecular weight excluding hydrogens is 308 g/mol. The number of rotatable bonds is 9. The van der Waals surface area contributed by atoms with Gasteiger partial charge < -0.3 is 10.4 Å². The maximum absolute atomic E-state index is 11.9. The Morgan fingerprint density at radius 1 is 1.23 bits per heavy atom. The van der Waals surface area contributed by atoms with Gasteiger partial charge in [-0.1, -0.05) is 31.5 Å². The number of carboxylic acid groups (broad SMARTS) is 1. The zero-order valence-corrected chi connectivity index (χ0v) is 13.1. The molecule has 0 aromatic heterocycles. The van der Waals surface area contributed by atoms with E-state index in [9.17, 15) is 18.0 Å². The molecule has 0 bridgehead atoms. The van der Waals surface area contributed by atoms with Crippen molar-refractivity contribution in [3.63, 3.8) is 0 Å². The molecule has 3 N–H and O–H groups in total. The van der Waals surface area contributed by atoms with E-state index in [1.54, 1.807) is 18.2 Å². The predicted octanol–water partition coefficient (Wildman–Crippen LogP) is 0.724. The van der Waals surface area contributed by atoms with E-state index in [1.165, 1.54) is 12.1 Å². The van der Waals surface area contributed by atoms with Crippen LogP contribution in [0, 0.1) is 0 Å². The number of hydrogen-bond acceptors (Lipinski definition) is 4. The number of hydrogen-bond donors (Lipinski definition) is 3. The third-order valence-electron chi connectivity index (χ3n) is 2.91. The van der Waals surface area contributed by atoms with Crippen molar-refractivity contribution in [3.05, 3.63) is 30.3 Å². The maximum Gasteiger partial charge on any atom is 0.326 e. The van der Waals surface area contributed by atoms with Crippen molar-refractivity contribution in [1.29, 1.82) is 0 Å². The molecule has 8 heteroatoms. The first-order chi connectivity index (χ1) is 10.4. The molecule has 0 aliphatic carbocycles. The van der Waals surface area contributed by atoms with Crippen LogP contribution in [0.5, 0.6) is 0 Å². The summed E-state index contributed by atoms with van der Waals surface area (Å²) in [4.78, 5) is 22.7. The summed E-state index contributed by atoms with van der Waals surface area (Å²) >= 11 is 0. The van der Waals surface area contributed by atoms with Crippen LogP contribution in [0.15, 0.2) is 35.2 Å². The van der Waals surface area contributed by atoms with Gasteiger partial charge in [0.15, 0.2) is 0 Å². The molecule has 0 radical (unpaired) electrons. The highest BCUT2D eigenvalue weighted by Crippen LogP contribution is 2.06. The fraction of sp³-hybridized carbons (Fsp3) is 0.429. The molecule has 1 aromatic rings. The van der Waals surface area contributed by atoms with Gasteiger partial charge in [-0.05, 0) is 18.6 Å². The van der Waals surface area contributed by atoms with Gasteiger partial charge in [-0.3, -0.25) is 4.79 Å². The topological polar surface area (TPSA) is 113 Å². The van der Waals surface area contributed by atoms with E-state index in [0.717, 1.165) is 0 Å². The Kier molecular flexibility index (Phi) is 7.00. The van der Waals surface area contributed by atoms with E-state index >= 15 is 0 Å². The maximum atomic E-state index is 11.9. The highest BCUT2D eigenvalue weighted by Gasteiger charge is 2.19. The second-order valence-corrected chi connectivity index (χ2v) is 6.47. The normalized spacial score (nSPS) is 12.6. The Balaban J connectivity index is 2.46. The van der Waals surface area contributed by atoms with Crippen molar-refractivity contribution in [2.45, 2.75) is 37.1 Å². The van der Waals surface area contributed by atoms with Crippen LogP contribution in [0.1, 0.15) is 26.2 Å². The summed E-state index contributed by atoms with van der Waals surface area (Å²) in [6.07, 6.45) is 0.828. The van der Waals surface area contributed by atoms with E-state index < -0.39 is 27.9 Å². The van der Waals surface area contributed by atoms with Gasteiger partial charge in [0, 0.05) is 13.0 Å². The van der Waals surface area contributed by atoms with E-state index in [1.807, 2.05) is 6.92 Å². The summed E-state index contributed by atoms with van der Waals surface area (Å²) in [7, 11) is -3.66. The molecule has 1 rings (SSSR count). The first kappa shape index (κ1) is 18.1. The van der Waals surface area contributed by atoms with Gasteiger partial charge in [0.2, 0.25) is 15.9 Å².